The minimum absolute atomic E-state index is 0.305. The van der Waals surface area contributed by atoms with E-state index in [0.717, 1.165) is 5.56 Å². The molecule has 0 atom stereocenters. The number of pyridine rings is 2. The quantitative estimate of drug-likeness (QED) is 0.558. The fraction of sp³-hybridized carbons (Fsp3) is 0.0833. The van der Waals surface area contributed by atoms with Crippen molar-refractivity contribution in [2.45, 2.75) is 6.92 Å². The Bertz CT molecular complexity index is 553. The average Bonchev–Trinajstić information content (AvgIpc) is 2.41. The number of nitrogens with two attached hydrogens (primary N) is 1. The van der Waals surface area contributed by atoms with Gasteiger partial charge in [-0.25, -0.2) is 9.97 Å². The number of hydrazine groups is 1. The predicted molar refractivity (Wildman–Crippen MR) is 69.0 cm³/mol. The third-order valence-electron chi connectivity index (χ3n) is 2.40. The number of hydrogen-bond acceptors (Lipinski definition) is 5. The van der Waals surface area contributed by atoms with Gasteiger partial charge in [0.25, 0.3) is 5.91 Å². The van der Waals surface area contributed by atoms with Crippen LogP contribution < -0.4 is 16.6 Å². The van der Waals surface area contributed by atoms with Crippen molar-refractivity contribution in [3.8, 4) is 0 Å². The molecule has 6 heteroatoms. The molecular weight excluding hydrogens is 230 g/mol. The van der Waals surface area contributed by atoms with E-state index in [4.69, 9.17) is 5.84 Å². The largest absolute Gasteiger partial charge is 0.323 e. The second-order valence-corrected chi connectivity index (χ2v) is 3.70. The van der Waals surface area contributed by atoms with Gasteiger partial charge in [0.2, 0.25) is 0 Å². The lowest BCUT2D eigenvalue weighted by Gasteiger charge is -2.06. The van der Waals surface area contributed by atoms with Crippen LogP contribution in [0, 0.1) is 6.92 Å². The summed E-state index contributed by atoms with van der Waals surface area (Å²) in [4.78, 5) is 20.0. The lowest BCUT2D eigenvalue weighted by molar-refractivity contribution is 0.102. The third kappa shape index (κ3) is 2.61. The number of nitrogen functional groups attached to an aromatic ring is 1. The van der Waals surface area contributed by atoms with Crippen molar-refractivity contribution in [2.24, 2.45) is 5.84 Å². The highest BCUT2D eigenvalue weighted by Gasteiger charge is 2.09. The molecule has 0 unspecified atom stereocenters. The van der Waals surface area contributed by atoms with Crippen LogP contribution in [0.15, 0.2) is 36.7 Å². The lowest BCUT2D eigenvalue weighted by Crippen LogP contribution is -2.16. The first-order chi connectivity index (χ1) is 8.70. The van der Waals surface area contributed by atoms with Crippen molar-refractivity contribution in [3.63, 3.8) is 0 Å². The zero-order valence-corrected chi connectivity index (χ0v) is 9.84. The highest BCUT2D eigenvalue weighted by Crippen LogP contribution is 2.11. The minimum atomic E-state index is -0.305. The van der Waals surface area contributed by atoms with Crippen LogP contribution in [-0.4, -0.2) is 15.9 Å². The molecule has 2 aromatic heterocycles. The van der Waals surface area contributed by atoms with Gasteiger partial charge in [-0.1, -0.05) is 6.07 Å². The lowest BCUT2D eigenvalue weighted by atomic mass is 10.2. The molecule has 0 radical (unpaired) electrons. The first-order valence-corrected chi connectivity index (χ1v) is 5.36. The van der Waals surface area contributed by atoms with Gasteiger partial charge in [-0.3, -0.25) is 10.6 Å². The Hall–Kier alpha value is -2.47. The van der Waals surface area contributed by atoms with E-state index in [0.29, 0.717) is 17.2 Å². The number of amides is 1. The molecule has 0 aromatic carbocycles. The van der Waals surface area contributed by atoms with Gasteiger partial charge in [0.15, 0.2) is 0 Å². The number of rotatable bonds is 3. The molecule has 92 valence electrons. The molecule has 0 aliphatic heterocycles. The number of carbonyl (C=O) groups excluding carboxylic acids is 1. The van der Waals surface area contributed by atoms with Crippen LogP contribution in [0.4, 0.5) is 11.5 Å². The van der Waals surface area contributed by atoms with Gasteiger partial charge >= 0.3 is 0 Å². The summed E-state index contributed by atoms with van der Waals surface area (Å²) in [5, 5.41) is 2.70. The molecule has 0 bridgehead atoms. The number of anilines is 2. The molecule has 0 aliphatic rings. The van der Waals surface area contributed by atoms with E-state index < -0.39 is 0 Å². The van der Waals surface area contributed by atoms with Gasteiger partial charge in [0, 0.05) is 6.20 Å². The monoisotopic (exact) mass is 243 g/mol. The van der Waals surface area contributed by atoms with E-state index in [-0.39, 0.29) is 5.91 Å². The van der Waals surface area contributed by atoms with Crippen LogP contribution in [0.1, 0.15) is 16.1 Å². The SMILES string of the molecule is Cc1cccnc1NC(=O)c1ccc(NN)cn1. The Balaban J connectivity index is 2.14. The van der Waals surface area contributed by atoms with Gasteiger partial charge in [0.1, 0.15) is 11.5 Å². The topological polar surface area (TPSA) is 92.9 Å². The van der Waals surface area contributed by atoms with E-state index >= 15 is 0 Å². The second-order valence-electron chi connectivity index (χ2n) is 3.70. The van der Waals surface area contributed by atoms with Crippen LogP contribution in [0.25, 0.3) is 0 Å². The highest BCUT2D eigenvalue weighted by atomic mass is 16.1. The first-order valence-electron chi connectivity index (χ1n) is 5.36. The van der Waals surface area contributed by atoms with Gasteiger partial charge in [-0.2, -0.15) is 0 Å². The number of hydrogen-bond donors (Lipinski definition) is 3. The zero-order chi connectivity index (χ0) is 13.0. The summed E-state index contributed by atoms with van der Waals surface area (Å²) in [6.45, 7) is 1.87. The fourth-order valence-corrected chi connectivity index (χ4v) is 1.40. The molecule has 2 aromatic rings. The zero-order valence-electron chi connectivity index (χ0n) is 9.84. The molecular formula is C12H13N5O. The van der Waals surface area contributed by atoms with Crippen LogP contribution in [-0.2, 0) is 0 Å². The Morgan fingerprint density at radius 1 is 1.28 bits per heavy atom. The van der Waals surface area contributed by atoms with E-state index in [9.17, 15) is 4.79 Å². The maximum atomic E-state index is 11.9. The van der Waals surface area contributed by atoms with Crippen molar-refractivity contribution in [3.05, 3.63) is 47.9 Å². The van der Waals surface area contributed by atoms with Crippen molar-refractivity contribution < 1.29 is 4.79 Å². The number of nitrogens with one attached hydrogen (secondary N) is 2. The van der Waals surface area contributed by atoms with Gasteiger partial charge < -0.3 is 10.7 Å². The van der Waals surface area contributed by atoms with Gasteiger partial charge in [-0.15, -0.1) is 0 Å². The summed E-state index contributed by atoms with van der Waals surface area (Å²) < 4.78 is 0. The maximum absolute atomic E-state index is 11.9. The molecule has 6 nitrogen and oxygen atoms in total. The maximum Gasteiger partial charge on any atom is 0.275 e. The Morgan fingerprint density at radius 2 is 2.11 bits per heavy atom. The molecule has 0 spiro atoms. The van der Waals surface area contributed by atoms with E-state index in [2.05, 4.69) is 20.7 Å². The number of aryl methyl sites for hydroxylation is 1. The molecule has 0 saturated heterocycles. The highest BCUT2D eigenvalue weighted by molar-refractivity contribution is 6.02. The summed E-state index contributed by atoms with van der Waals surface area (Å²) in [5.74, 6) is 5.45. The third-order valence-corrected chi connectivity index (χ3v) is 2.40. The van der Waals surface area contributed by atoms with Crippen molar-refractivity contribution in [1.29, 1.82) is 0 Å². The average molecular weight is 243 g/mol. The molecule has 4 N–H and O–H groups in total. The van der Waals surface area contributed by atoms with E-state index in [1.807, 2.05) is 19.1 Å². The number of nitrogens with zero attached hydrogens (tertiary/aromatic N) is 2. The molecule has 1 amide bonds. The summed E-state index contributed by atoms with van der Waals surface area (Å²) >= 11 is 0. The molecule has 18 heavy (non-hydrogen) atoms. The van der Waals surface area contributed by atoms with E-state index in [1.165, 1.54) is 6.20 Å². The number of carbonyl (C=O) groups is 1. The summed E-state index contributed by atoms with van der Waals surface area (Å²) in [6, 6.07) is 6.94. The Labute approximate surface area is 104 Å². The summed E-state index contributed by atoms with van der Waals surface area (Å²) in [7, 11) is 0. The molecule has 0 fully saturated rings. The number of aromatic nitrogens is 2. The Kier molecular flexibility index (Phi) is 3.49. The van der Waals surface area contributed by atoms with Crippen LogP contribution in [0.2, 0.25) is 0 Å². The standard InChI is InChI=1S/C12H13N5O/c1-8-3-2-6-14-11(8)16-12(18)10-5-4-9(17-13)7-15-10/h2-7,17H,13H2,1H3,(H,14,16,18). The van der Waals surface area contributed by atoms with Crippen LogP contribution in [0.5, 0.6) is 0 Å². The summed E-state index contributed by atoms with van der Waals surface area (Å²) in [6.07, 6.45) is 3.11. The van der Waals surface area contributed by atoms with Crippen molar-refractivity contribution >= 4 is 17.4 Å². The molecule has 0 saturated carbocycles. The fourth-order valence-electron chi connectivity index (χ4n) is 1.40. The predicted octanol–water partition coefficient (Wildman–Crippen LogP) is 1.32. The Morgan fingerprint density at radius 3 is 2.72 bits per heavy atom. The van der Waals surface area contributed by atoms with Crippen molar-refractivity contribution in [1.82, 2.24) is 9.97 Å². The normalized spacial score (nSPS) is 9.89. The van der Waals surface area contributed by atoms with Gasteiger partial charge in [0.05, 0.1) is 11.9 Å². The molecule has 2 rings (SSSR count). The van der Waals surface area contributed by atoms with Crippen molar-refractivity contribution in [2.75, 3.05) is 10.7 Å². The van der Waals surface area contributed by atoms with Crippen LogP contribution in [0.3, 0.4) is 0 Å². The first kappa shape index (κ1) is 12.0. The van der Waals surface area contributed by atoms with Gasteiger partial charge in [-0.05, 0) is 30.7 Å². The minimum Gasteiger partial charge on any atom is -0.323 e. The summed E-state index contributed by atoms with van der Waals surface area (Å²) in [5.41, 5.74) is 4.28. The molecule has 2 heterocycles. The molecule has 0 aliphatic carbocycles. The second kappa shape index (κ2) is 5.24. The smallest absolute Gasteiger partial charge is 0.275 e. The van der Waals surface area contributed by atoms with Crippen LogP contribution >= 0.6 is 0 Å². The van der Waals surface area contributed by atoms with E-state index in [1.54, 1.807) is 18.3 Å².